The third-order valence-electron chi connectivity index (χ3n) is 3.70. The number of nitrogens with zero attached hydrogens (tertiary/aromatic N) is 1. The van der Waals surface area contributed by atoms with E-state index in [1.807, 2.05) is 13.8 Å². The first kappa shape index (κ1) is 17.7. The van der Waals surface area contributed by atoms with Crippen molar-refractivity contribution in [1.29, 1.82) is 0 Å². The molecule has 0 saturated carbocycles. The van der Waals surface area contributed by atoms with E-state index in [1.165, 1.54) is 24.3 Å². The summed E-state index contributed by atoms with van der Waals surface area (Å²) in [6.07, 6.45) is 0. The summed E-state index contributed by atoms with van der Waals surface area (Å²) in [7, 11) is 0. The third kappa shape index (κ3) is 4.41. The van der Waals surface area contributed by atoms with E-state index < -0.39 is 0 Å². The summed E-state index contributed by atoms with van der Waals surface area (Å²) in [6, 6.07) is 12.0. The Bertz CT molecular complexity index is 692. The van der Waals surface area contributed by atoms with E-state index in [2.05, 4.69) is 0 Å². The number of ketones is 1. The zero-order valence-electron chi connectivity index (χ0n) is 13.8. The summed E-state index contributed by atoms with van der Waals surface area (Å²) >= 11 is 0. The maximum atomic E-state index is 12.9. The lowest BCUT2D eigenvalue weighted by molar-refractivity contribution is -0.132. The first-order valence-corrected chi connectivity index (χ1v) is 7.86. The van der Waals surface area contributed by atoms with Crippen molar-refractivity contribution in [2.75, 3.05) is 19.7 Å². The van der Waals surface area contributed by atoms with Gasteiger partial charge in [-0.2, -0.15) is 0 Å². The molecule has 0 aliphatic rings. The number of likely N-dealkylation sites (N-methyl/N-ethyl adjacent to an activating group) is 1. The van der Waals surface area contributed by atoms with Crippen LogP contribution >= 0.6 is 0 Å². The molecular weight excluding hydrogens is 309 g/mol. The highest BCUT2D eigenvalue weighted by Crippen LogP contribution is 2.16. The molecule has 0 fully saturated rings. The zero-order valence-corrected chi connectivity index (χ0v) is 13.8. The number of benzene rings is 2. The van der Waals surface area contributed by atoms with Crippen LogP contribution in [0.1, 0.15) is 29.8 Å². The Balaban J connectivity index is 1.99. The van der Waals surface area contributed by atoms with Gasteiger partial charge in [0, 0.05) is 24.2 Å². The highest BCUT2D eigenvalue weighted by atomic mass is 19.1. The molecule has 0 N–H and O–H groups in total. The second-order valence-corrected chi connectivity index (χ2v) is 5.22. The standard InChI is InChI=1S/C19H20FNO3/c1-3-21(4-2)18(22)13-24-17-11-7-15(8-12-17)19(23)14-5-9-16(20)10-6-14/h5-12H,3-4,13H2,1-2H3. The Morgan fingerprint density at radius 1 is 0.917 bits per heavy atom. The van der Waals surface area contributed by atoms with Gasteiger partial charge in [0.15, 0.2) is 12.4 Å². The Labute approximate surface area is 140 Å². The molecule has 4 nitrogen and oxygen atoms in total. The van der Waals surface area contributed by atoms with Crippen molar-refractivity contribution in [3.8, 4) is 5.75 Å². The third-order valence-corrected chi connectivity index (χ3v) is 3.70. The molecule has 0 heterocycles. The SMILES string of the molecule is CCN(CC)C(=O)COc1ccc(C(=O)c2ccc(F)cc2)cc1. The lowest BCUT2D eigenvalue weighted by Crippen LogP contribution is -2.34. The quantitative estimate of drug-likeness (QED) is 0.732. The van der Waals surface area contributed by atoms with E-state index in [1.54, 1.807) is 29.2 Å². The van der Waals surface area contributed by atoms with Crippen molar-refractivity contribution >= 4 is 11.7 Å². The summed E-state index contributed by atoms with van der Waals surface area (Å²) in [5.41, 5.74) is 0.894. The van der Waals surface area contributed by atoms with Gasteiger partial charge >= 0.3 is 0 Å². The molecule has 2 aromatic carbocycles. The summed E-state index contributed by atoms with van der Waals surface area (Å²) < 4.78 is 18.4. The largest absolute Gasteiger partial charge is 0.484 e. The predicted octanol–water partition coefficient (Wildman–Crippen LogP) is 3.30. The molecule has 126 valence electrons. The van der Waals surface area contributed by atoms with E-state index in [0.717, 1.165) is 0 Å². The van der Waals surface area contributed by atoms with Crippen molar-refractivity contribution in [2.45, 2.75) is 13.8 Å². The first-order valence-electron chi connectivity index (χ1n) is 7.86. The second-order valence-electron chi connectivity index (χ2n) is 5.22. The van der Waals surface area contributed by atoms with Crippen molar-refractivity contribution in [3.05, 3.63) is 65.5 Å². The Morgan fingerprint density at radius 2 is 1.42 bits per heavy atom. The fourth-order valence-electron chi connectivity index (χ4n) is 2.28. The minimum Gasteiger partial charge on any atom is -0.484 e. The molecule has 0 spiro atoms. The molecule has 0 aliphatic carbocycles. The summed E-state index contributed by atoms with van der Waals surface area (Å²) in [5.74, 6) is -0.133. The van der Waals surface area contributed by atoms with Gasteiger partial charge in [0.05, 0.1) is 0 Å². The van der Waals surface area contributed by atoms with Crippen LogP contribution < -0.4 is 4.74 Å². The van der Waals surface area contributed by atoms with Gasteiger partial charge in [-0.15, -0.1) is 0 Å². The molecule has 0 unspecified atom stereocenters. The van der Waals surface area contributed by atoms with Gasteiger partial charge < -0.3 is 9.64 Å². The molecule has 2 rings (SSSR count). The van der Waals surface area contributed by atoms with Gasteiger partial charge in [0.2, 0.25) is 0 Å². The van der Waals surface area contributed by atoms with Crippen LogP contribution in [0.2, 0.25) is 0 Å². The van der Waals surface area contributed by atoms with Crippen molar-refractivity contribution < 1.29 is 18.7 Å². The Kier molecular flexibility index (Phi) is 6.07. The maximum absolute atomic E-state index is 12.9. The number of carbonyl (C=O) groups excluding carboxylic acids is 2. The molecule has 0 saturated heterocycles. The van der Waals surface area contributed by atoms with Gasteiger partial charge in [0.25, 0.3) is 5.91 Å². The zero-order chi connectivity index (χ0) is 17.5. The molecule has 0 aromatic heterocycles. The molecular formula is C19H20FNO3. The van der Waals surface area contributed by atoms with Gasteiger partial charge in [-0.25, -0.2) is 4.39 Å². The number of hydrogen-bond donors (Lipinski definition) is 0. The molecule has 24 heavy (non-hydrogen) atoms. The van der Waals surface area contributed by atoms with E-state index >= 15 is 0 Å². The molecule has 2 aromatic rings. The van der Waals surface area contributed by atoms with Crippen LogP contribution in [0.3, 0.4) is 0 Å². The monoisotopic (exact) mass is 329 g/mol. The van der Waals surface area contributed by atoms with E-state index in [-0.39, 0.29) is 24.1 Å². The molecule has 0 aliphatic heterocycles. The normalized spacial score (nSPS) is 10.3. The lowest BCUT2D eigenvalue weighted by atomic mass is 10.0. The number of carbonyl (C=O) groups is 2. The molecule has 1 amide bonds. The highest BCUT2D eigenvalue weighted by Gasteiger charge is 2.11. The Hall–Kier alpha value is -2.69. The van der Waals surface area contributed by atoms with Crippen molar-refractivity contribution in [1.82, 2.24) is 4.90 Å². The summed E-state index contributed by atoms with van der Waals surface area (Å²) in [6.45, 7) is 5.08. The van der Waals surface area contributed by atoms with Crippen LogP contribution in [-0.2, 0) is 4.79 Å². The number of rotatable bonds is 7. The van der Waals surface area contributed by atoms with Crippen molar-refractivity contribution in [2.24, 2.45) is 0 Å². The maximum Gasteiger partial charge on any atom is 0.260 e. The number of hydrogen-bond acceptors (Lipinski definition) is 3. The fourth-order valence-corrected chi connectivity index (χ4v) is 2.28. The number of amides is 1. The molecule has 0 bridgehead atoms. The molecule has 0 radical (unpaired) electrons. The summed E-state index contributed by atoms with van der Waals surface area (Å²) in [5, 5.41) is 0. The van der Waals surface area contributed by atoms with E-state index in [9.17, 15) is 14.0 Å². The van der Waals surface area contributed by atoms with Crippen LogP contribution in [0.25, 0.3) is 0 Å². The predicted molar refractivity (Wildman–Crippen MR) is 89.7 cm³/mol. The van der Waals surface area contributed by atoms with Crippen LogP contribution in [0.4, 0.5) is 4.39 Å². The van der Waals surface area contributed by atoms with Gasteiger partial charge in [-0.3, -0.25) is 9.59 Å². The van der Waals surface area contributed by atoms with Crippen LogP contribution in [0.5, 0.6) is 5.75 Å². The van der Waals surface area contributed by atoms with Gasteiger partial charge in [-0.05, 0) is 62.4 Å². The average molecular weight is 329 g/mol. The number of ether oxygens (including phenoxy) is 1. The average Bonchev–Trinajstić information content (AvgIpc) is 2.61. The molecule has 0 atom stereocenters. The van der Waals surface area contributed by atoms with Gasteiger partial charge in [0.1, 0.15) is 11.6 Å². The first-order chi connectivity index (χ1) is 11.5. The van der Waals surface area contributed by atoms with Gasteiger partial charge in [-0.1, -0.05) is 0 Å². The van der Waals surface area contributed by atoms with Crippen LogP contribution in [0.15, 0.2) is 48.5 Å². The molecule has 5 heteroatoms. The number of halogens is 1. The van der Waals surface area contributed by atoms with Crippen molar-refractivity contribution in [3.63, 3.8) is 0 Å². The van der Waals surface area contributed by atoms with Crippen LogP contribution in [0, 0.1) is 5.82 Å². The minimum atomic E-state index is -0.381. The van der Waals surface area contributed by atoms with Crippen LogP contribution in [-0.4, -0.2) is 36.3 Å². The lowest BCUT2D eigenvalue weighted by Gasteiger charge is -2.18. The van der Waals surface area contributed by atoms with E-state index in [4.69, 9.17) is 4.74 Å². The second kappa shape index (κ2) is 8.24. The van der Waals surface area contributed by atoms with E-state index in [0.29, 0.717) is 30.0 Å². The smallest absolute Gasteiger partial charge is 0.260 e. The Morgan fingerprint density at radius 3 is 1.92 bits per heavy atom. The highest BCUT2D eigenvalue weighted by molar-refractivity contribution is 6.09. The minimum absolute atomic E-state index is 0.0348. The fraction of sp³-hybridized carbons (Fsp3) is 0.263. The topological polar surface area (TPSA) is 46.6 Å². The summed E-state index contributed by atoms with van der Waals surface area (Å²) in [4.78, 5) is 25.8.